The maximum Gasteiger partial charge on any atom is 0.311 e. The Morgan fingerprint density at radius 2 is 1.41 bits per heavy atom. The summed E-state index contributed by atoms with van der Waals surface area (Å²) in [4.78, 5) is 30.1. The van der Waals surface area contributed by atoms with E-state index in [4.69, 9.17) is 9.47 Å². The van der Waals surface area contributed by atoms with Crippen LogP contribution >= 0.6 is 0 Å². The Labute approximate surface area is 252 Å². The molecule has 41 heavy (non-hydrogen) atoms. The van der Waals surface area contributed by atoms with Gasteiger partial charge in [-0.2, -0.15) is 0 Å². The second-order valence-corrected chi connectivity index (χ2v) is 16.3. The van der Waals surface area contributed by atoms with Crippen molar-refractivity contribution >= 4 is 11.9 Å². The van der Waals surface area contributed by atoms with Gasteiger partial charge >= 0.3 is 11.9 Å². The van der Waals surface area contributed by atoms with Crippen LogP contribution in [-0.4, -0.2) is 65.9 Å². The van der Waals surface area contributed by atoms with Gasteiger partial charge in [-0.05, 0) is 35.0 Å². The number of imidazole rings is 1. The van der Waals surface area contributed by atoms with Gasteiger partial charge < -0.3 is 18.5 Å². The van der Waals surface area contributed by atoms with Crippen molar-refractivity contribution in [1.82, 2.24) is 9.55 Å². The predicted molar refractivity (Wildman–Crippen MR) is 168 cm³/mol. The number of hydrogen-bond donors (Lipinski definition) is 0. The highest BCUT2D eigenvalue weighted by Crippen LogP contribution is 2.39. The Kier molecular flexibility index (Phi) is 13.6. The highest BCUT2D eigenvalue weighted by atomic mass is 16.5. The molecule has 0 fully saturated rings. The summed E-state index contributed by atoms with van der Waals surface area (Å²) in [5.41, 5.74) is 1.35. The van der Waals surface area contributed by atoms with Crippen molar-refractivity contribution in [3.05, 3.63) is 18.2 Å². The van der Waals surface area contributed by atoms with E-state index in [1.54, 1.807) is 6.33 Å². The Hall–Kier alpha value is -1.89. The Morgan fingerprint density at radius 1 is 0.878 bits per heavy atom. The number of rotatable bonds is 18. The summed E-state index contributed by atoms with van der Waals surface area (Å²) in [5.74, 6) is 0.0618. The number of likely N-dealkylation sites (N-methyl/N-ethyl adjacent to an activating group) is 1. The van der Waals surface area contributed by atoms with Crippen molar-refractivity contribution in [3.8, 4) is 0 Å². The van der Waals surface area contributed by atoms with E-state index in [2.05, 4.69) is 88.2 Å². The molecule has 0 saturated heterocycles. The lowest BCUT2D eigenvalue weighted by Crippen LogP contribution is -2.48. The Bertz CT molecular complexity index is 959. The van der Waals surface area contributed by atoms with E-state index in [0.29, 0.717) is 49.5 Å². The topological polar surface area (TPSA) is 70.4 Å². The van der Waals surface area contributed by atoms with Gasteiger partial charge in [0.05, 0.1) is 59.1 Å². The second kappa shape index (κ2) is 15.0. The first kappa shape index (κ1) is 37.1. The van der Waals surface area contributed by atoms with E-state index in [1.807, 2.05) is 17.8 Å². The molecule has 0 aliphatic carbocycles. The van der Waals surface area contributed by atoms with E-state index < -0.39 is 0 Å². The minimum Gasteiger partial charge on any atom is -0.465 e. The van der Waals surface area contributed by atoms with Crippen LogP contribution in [0.4, 0.5) is 0 Å². The van der Waals surface area contributed by atoms with Gasteiger partial charge in [0.15, 0.2) is 0 Å². The van der Waals surface area contributed by atoms with Crippen LogP contribution in [0.5, 0.6) is 0 Å². The summed E-state index contributed by atoms with van der Waals surface area (Å²) in [7, 11) is 4.12. The number of carbonyl (C=O) groups excluding carboxylic acids is 2. The summed E-state index contributed by atoms with van der Waals surface area (Å²) in [6.45, 7) is 27.3. The SMILES string of the molecule is CCC(C)(C)CC(C)(C)COC(=O)CC[N+](C)(CCC(=O)OCC(C)(CC(C)(C)C)C(C)C)CCc1cncn1C. The van der Waals surface area contributed by atoms with Crippen LogP contribution in [0.15, 0.2) is 12.5 Å². The number of hydrogen-bond acceptors (Lipinski definition) is 5. The van der Waals surface area contributed by atoms with Crippen molar-refractivity contribution in [2.45, 2.75) is 115 Å². The van der Waals surface area contributed by atoms with Crippen molar-refractivity contribution in [2.24, 2.45) is 34.6 Å². The summed E-state index contributed by atoms with van der Waals surface area (Å²) in [6.07, 6.45) is 8.21. The number of carbonyl (C=O) groups is 2. The normalized spacial score (nSPS) is 15.9. The van der Waals surface area contributed by atoms with E-state index >= 15 is 0 Å². The molecular formula is C34H64N3O4+. The molecule has 0 saturated carbocycles. The number of aryl methyl sites for hydroxylation is 1. The standard InChI is InChI=1S/C34H64N3O4/c1-14-32(7,8)23-33(9,10)24-40-29(38)16-19-37(13,18-15-28-21-35-26-36(28)12)20-17-30(39)41-25-34(11,27(2)3)22-31(4,5)6/h21,26-27H,14-20,22-25H2,1-13H3/q+1. The summed E-state index contributed by atoms with van der Waals surface area (Å²) < 4.78 is 14.3. The van der Waals surface area contributed by atoms with E-state index in [-0.39, 0.29) is 33.6 Å². The van der Waals surface area contributed by atoms with Crippen molar-refractivity contribution in [2.75, 3.05) is 39.9 Å². The van der Waals surface area contributed by atoms with Crippen molar-refractivity contribution in [3.63, 3.8) is 0 Å². The fourth-order valence-corrected chi connectivity index (χ4v) is 5.84. The van der Waals surface area contributed by atoms with Gasteiger partial charge in [0.1, 0.15) is 0 Å². The van der Waals surface area contributed by atoms with Crippen LogP contribution in [0.2, 0.25) is 0 Å². The third-order valence-electron chi connectivity index (χ3n) is 8.96. The molecule has 0 radical (unpaired) electrons. The van der Waals surface area contributed by atoms with Gasteiger partial charge in [-0.1, -0.05) is 82.6 Å². The minimum atomic E-state index is -0.172. The van der Waals surface area contributed by atoms with Crippen LogP contribution in [0, 0.1) is 27.6 Å². The summed E-state index contributed by atoms with van der Waals surface area (Å²) in [6, 6.07) is 0. The summed E-state index contributed by atoms with van der Waals surface area (Å²) in [5, 5.41) is 0. The molecular weight excluding hydrogens is 514 g/mol. The first-order chi connectivity index (χ1) is 18.6. The van der Waals surface area contributed by atoms with E-state index in [1.165, 1.54) is 0 Å². The predicted octanol–water partition coefficient (Wildman–Crippen LogP) is 7.23. The highest BCUT2D eigenvalue weighted by molar-refractivity contribution is 5.70. The van der Waals surface area contributed by atoms with Gasteiger partial charge in [0.25, 0.3) is 0 Å². The molecule has 1 rings (SSSR count). The third-order valence-corrected chi connectivity index (χ3v) is 8.96. The summed E-state index contributed by atoms with van der Waals surface area (Å²) >= 11 is 0. The lowest BCUT2D eigenvalue weighted by molar-refractivity contribution is -0.908. The van der Waals surface area contributed by atoms with Gasteiger partial charge in [0, 0.05) is 30.8 Å². The molecule has 7 heteroatoms. The first-order valence-corrected chi connectivity index (χ1v) is 15.7. The monoisotopic (exact) mass is 578 g/mol. The zero-order valence-electron chi connectivity index (χ0n) is 29.0. The average molecular weight is 579 g/mol. The average Bonchev–Trinajstić information content (AvgIpc) is 3.25. The number of esters is 2. The molecule has 1 aromatic rings. The van der Waals surface area contributed by atoms with Gasteiger partial charge in [-0.25, -0.2) is 4.98 Å². The molecule has 1 aromatic heterocycles. The second-order valence-electron chi connectivity index (χ2n) is 16.3. The molecule has 7 nitrogen and oxygen atoms in total. The first-order valence-electron chi connectivity index (χ1n) is 15.7. The van der Waals surface area contributed by atoms with Gasteiger partial charge in [-0.3, -0.25) is 9.59 Å². The fourth-order valence-electron chi connectivity index (χ4n) is 5.84. The third kappa shape index (κ3) is 14.2. The molecule has 0 aromatic carbocycles. The molecule has 1 heterocycles. The molecule has 0 bridgehead atoms. The molecule has 2 atom stereocenters. The fraction of sp³-hybridized carbons (Fsp3) is 0.853. The molecule has 0 spiro atoms. The zero-order valence-corrected chi connectivity index (χ0v) is 29.0. The van der Waals surface area contributed by atoms with Crippen LogP contribution < -0.4 is 0 Å². The van der Waals surface area contributed by atoms with Crippen LogP contribution in [0.25, 0.3) is 0 Å². The molecule has 2 unspecified atom stereocenters. The minimum absolute atomic E-state index is 0.0739. The van der Waals surface area contributed by atoms with Crippen LogP contribution in [0.1, 0.15) is 114 Å². The largest absolute Gasteiger partial charge is 0.465 e. The number of ether oxygens (including phenoxy) is 2. The number of quaternary nitrogens is 1. The number of aromatic nitrogens is 2. The molecule has 0 aliphatic heterocycles. The van der Waals surface area contributed by atoms with Crippen molar-refractivity contribution < 1.29 is 23.5 Å². The molecule has 238 valence electrons. The maximum absolute atomic E-state index is 13.0. The molecule has 0 aliphatic rings. The van der Waals surface area contributed by atoms with Crippen LogP contribution in [0.3, 0.4) is 0 Å². The molecule has 0 amide bonds. The van der Waals surface area contributed by atoms with E-state index in [9.17, 15) is 9.59 Å². The lowest BCUT2D eigenvalue weighted by Gasteiger charge is -2.38. The highest BCUT2D eigenvalue weighted by Gasteiger charge is 2.35. The Balaban J connectivity index is 2.81. The van der Waals surface area contributed by atoms with Crippen LogP contribution in [-0.2, 0) is 32.5 Å². The molecule has 0 N–H and O–H groups in total. The van der Waals surface area contributed by atoms with Crippen molar-refractivity contribution in [1.29, 1.82) is 0 Å². The zero-order chi connectivity index (χ0) is 31.7. The lowest BCUT2D eigenvalue weighted by atomic mass is 9.69. The van der Waals surface area contributed by atoms with E-state index in [0.717, 1.165) is 37.9 Å². The number of nitrogens with zero attached hydrogens (tertiary/aromatic N) is 3. The van der Waals surface area contributed by atoms with Gasteiger partial charge in [0.2, 0.25) is 0 Å². The quantitative estimate of drug-likeness (QED) is 0.136. The maximum atomic E-state index is 13.0. The van der Waals surface area contributed by atoms with Gasteiger partial charge in [-0.15, -0.1) is 0 Å². The Morgan fingerprint density at radius 3 is 1.85 bits per heavy atom. The smallest absolute Gasteiger partial charge is 0.311 e.